The molecule has 734 valence electrons. The molecule has 0 spiro atoms. The number of nitrogens with zero attached hydrogens (tertiary/aromatic N) is 11. The van der Waals surface area contributed by atoms with E-state index in [9.17, 15) is 94.5 Å². The molecule has 3 aromatic heterocycles. The molecule has 40 nitrogen and oxygen atoms in total. The molecule has 3 aromatic carbocycles. The maximum absolute atomic E-state index is 15.0. The number of aliphatic hydroxyl groups excluding tert-OH is 10. The zero-order chi connectivity index (χ0) is 97.3. The van der Waals surface area contributed by atoms with Gasteiger partial charge in [-0.1, -0.05) is 152 Å². The van der Waals surface area contributed by atoms with E-state index in [1.165, 1.54) is 43.8 Å². The fraction of sp³-hybridized carbons (Fsp3) is 0.641. The number of ether oxygens (including phenoxy) is 6. The summed E-state index contributed by atoms with van der Waals surface area (Å²) >= 11 is 1.46. The highest BCUT2D eigenvalue weighted by molar-refractivity contribution is 7.09. The van der Waals surface area contributed by atoms with Gasteiger partial charge in [-0.25, -0.2) is 19.1 Å². The summed E-state index contributed by atoms with van der Waals surface area (Å²) in [6.07, 6.45) is -21.6. The van der Waals surface area contributed by atoms with Crippen molar-refractivity contribution in [2.24, 2.45) is 29.6 Å². The largest absolute Gasteiger partial charge is 0.477 e. The van der Waals surface area contributed by atoms with E-state index in [0.717, 1.165) is 17.5 Å². The molecular weight excluding hydrogens is 1750 g/mol. The second-order valence-corrected chi connectivity index (χ2v) is 37.4. The number of anilines is 1. The van der Waals surface area contributed by atoms with Crippen molar-refractivity contribution in [2.75, 3.05) is 59.5 Å². The lowest BCUT2D eigenvalue weighted by molar-refractivity contribution is -0.342. The van der Waals surface area contributed by atoms with E-state index in [2.05, 4.69) is 46.9 Å². The quantitative estimate of drug-likeness (QED) is 0.0256. The van der Waals surface area contributed by atoms with Gasteiger partial charge in [-0.2, -0.15) is 0 Å². The predicted molar refractivity (Wildman–Crippen MR) is 483 cm³/mol. The van der Waals surface area contributed by atoms with Crippen molar-refractivity contribution in [3.63, 3.8) is 0 Å². The van der Waals surface area contributed by atoms with Crippen molar-refractivity contribution < 1.29 is 123 Å². The monoisotopic (exact) mass is 1880 g/mol. The molecular formula is C92H135N15O25S. The number of fused-ring (bicyclic) bond motifs is 5. The molecule has 41 heteroatoms. The van der Waals surface area contributed by atoms with Crippen molar-refractivity contribution in [1.82, 2.24) is 70.9 Å². The van der Waals surface area contributed by atoms with Gasteiger partial charge in [0.05, 0.1) is 116 Å². The molecule has 4 aliphatic rings. The summed E-state index contributed by atoms with van der Waals surface area (Å²) in [5.41, 5.74) is 3.75. The van der Waals surface area contributed by atoms with Crippen molar-refractivity contribution in [3.8, 4) is 22.5 Å². The van der Waals surface area contributed by atoms with E-state index in [1.54, 1.807) is 127 Å². The van der Waals surface area contributed by atoms with Crippen LogP contribution < -0.4 is 26.2 Å². The summed E-state index contributed by atoms with van der Waals surface area (Å²) < 4.78 is 38.1. The topological polar surface area (TPSA) is 550 Å². The first-order chi connectivity index (χ1) is 63.1. The molecule has 10 rings (SSSR count). The van der Waals surface area contributed by atoms with Crippen molar-refractivity contribution >= 4 is 64.3 Å². The Kier molecular flexibility index (Phi) is 38.1. The number of rotatable bonds is 46. The lowest BCUT2D eigenvalue weighted by Crippen LogP contribution is -2.68. The third-order valence-electron chi connectivity index (χ3n) is 25.9. The first kappa shape index (κ1) is 106. The fourth-order valence-corrected chi connectivity index (χ4v) is 18.7. The summed E-state index contributed by atoms with van der Waals surface area (Å²) in [6.45, 7) is 17.5. The molecule has 6 aromatic rings. The highest BCUT2D eigenvalue weighted by Crippen LogP contribution is 2.43. The standard InChI is InChI=1S/C92H135N15O25S/c1-16-51(8)76(67(127-14)40-71(115)105-37-24-31-62(105)84(128-15)52(9)86(122)96-60(88-94-36-38-133-88)39-55-25-18-17-19-26-55)103(13)89(124)72(49(4)5)97-87(123)75(50(6)7)102(12)44-64(110)78(116)79(117)65(111)45-104-43-57(98-100-104)34-35-93-69(113)32-33-70(114)106-42-56-27-20-21-28-58(56)73-77(59-29-22-23-30-61(59)106)107(101-99-73)46-66(112)80(118)85-74(95-54(11)108)63(109)41-92(132-85,91(125)126)129-47-68-81(119)82(120)83(121)90(131-68)130-53(10)48(2)3/h17-23,25-30,36,38,43,48-53,60,62-68,72,74-76,78-85,90,109-112,116-121H,16,24,31-35,37,39-42,44-47H2,1-15H3,(H,93,113)(H,95,108)(H,96,122)(H,97,123)(H,125,126). The van der Waals surface area contributed by atoms with Gasteiger partial charge >= 0.3 is 5.97 Å². The van der Waals surface area contributed by atoms with Crippen LogP contribution in [0.1, 0.15) is 149 Å². The molecule has 15 N–H and O–H groups in total. The van der Waals surface area contributed by atoms with Crippen molar-refractivity contribution in [3.05, 3.63) is 118 Å². The Labute approximate surface area is 778 Å². The minimum atomic E-state index is -2.87. The normalized spacial score (nSPS) is 23.8. The van der Waals surface area contributed by atoms with E-state index in [1.807, 2.05) is 63.4 Å². The number of carboxylic acid groups (broad SMARTS) is 1. The number of carbonyl (C=O) groups excluding carboxylic acids is 7. The molecule has 7 heterocycles. The van der Waals surface area contributed by atoms with Gasteiger partial charge in [0.2, 0.25) is 41.4 Å². The lowest BCUT2D eigenvalue weighted by Gasteiger charge is -2.47. The summed E-state index contributed by atoms with van der Waals surface area (Å²) in [5.74, 6) is -9.74. The average molecular weight is 1880 g/mol. The molecule has 7 amide bonds. The first-order valence-electron chi connectivity index (χ1n) is 45.5. The molecule has 25 unspecified atom stereocenters. The molecule has 0 saturated carbocycles. The van der Waals surface area contributed by atoms with Crippen LogP contribution in [0.3, 0.4) is 0 Å². The molecule has 133 heavy (non-hydrogen) atoms. The van der Waals surface area contributed by atoms with Gasteiger partial charge in [0, 0.05) is 102 Å². The smallest absolute Gasteiger partial charge is 0.364 e. The Morgan fingerprint density at radius 2 is 1.43 bits per heavy atom. The number of aromatic nitrogens is 7. The Morgan fingerprint density at radius 1 is 0.744 bits per heavy atom. The number of likely N-dealkylation sites (tertiary alicyclic amines) is 1. The van der Waals surface area contributed by atoms with Crippen molar-refractivity contribution in [2.45, 2.75) is 293 Å². The van der Waals surface area contributed by atoms with Crippen LogP contribution in [0, 0.1) is 29.6 Å². The highest BCUT2D eigenvalue weighted by atomic mass is 32.1. The van der Waals surface area contributed by atoms with E-state index in [4.69, 9.17) is 28.4 Å². The average Bonchev–Trinajstić information content (AvgIpc) is 1.73. The number of methoxy groups -OCH3 is 2. The van der Waals surface area contributed by atoms with Crippen LogP contribution >= 0.6 is 11.3 Å². The van der Waals surface area contributed by atoms with Crippen LogP contribution in [0.15, 0.2) is 96.6 Å². The number of hydrogen-bond donors (Lipinski definition) is 15. The minimum absolute atomic E-state index is 0.00795. The molecule has 4 aliphatic heterocycles. The van der Waals surface area contributed by atoms with E-state index >= 15 is 0 Å². The molecule has 0 aliphatic carbocycles. The molecule has 3 fully saturated rings. The highest BCUT2D eigenvalue weighted by Gasteiger charge is 2.58. The second kappa shape index (κ2) is 47.9. The van der Waals surface area contributed by atoms with Crippen LogP contribution in [-0.4, -0.2) is 342 Å². The third-order valence-corrected chi connectivity index (χ3v) is 26.8. The van der Waals surface area contributed by atoms with Gasteiger partial charge in [0.1, 0.15) is 77.8 Å². The summed E-state index contributed by atoms with van der Waals surface area (Å²) in [7, 11) is 6.21. The molecule has 0 radical (unpaired) electrons. The number of benzene rings is 3. The molecule has 0 bridgehead atoms. The number of amides is 7. The number of para-hydroxylation sites is 1. The van der Waals surface area contributed by atoms with Crippen LogP contribution in [0.25, 0.3) is 22.5 Å². The SMILES string of the molecule is CCC(C)C(C(CC(=O)N1CCCC1C(OC)C(C)C(=O)NC(Cc1ccccc1)c1nccs1)OC)N(C)C(=O)C(NC(=O)C(C(C)C)N(C)CC(O)C(O)C(O)C(O)Cn1cc(CCNC(=O)CCC(=O)N2Cc3ccccc3-c3nnn(CC(O)C(O)C4OC(OCC5OC(OC(C)C(C)C)C(O)C(O)C5O)(C(=O)O)CC(O)C4NC(C)=O)c3-c3ccccc32)nn1)C(C)C. The minimum Gasteiger partial charge on any atom is -0.477 e. The fourth-order valence-electron chi connectivity index (χ4n) is 18.0. The number of carbonyl (C=O) groups is 8. The number of thiazole rings is 1. The molecule has 3 saturated heterocycles. The Hall–Kier alpha value is -9.35. The zero-order valence-electron chi connectivity index (χ0n) is 78.1. The number of aliphatic carboxylic acids is 1. The number of hydrogen-bond acceptors (Lipinski definition) is 31. The first-order valence-corrected chi connectivity index (χ1v) is 46.4. The second-order valence-electron chi connectivity index (χ2n) is 36.4. The maximum atomic E-state index is 15.0. The van der Waals surface area contributed by atoms with Gasteiger partial charge in [-0.15, -0.1) is 21.5 Å². The summed E-state index contributed by atoms with van der Waals surface area (Å²) in [6, 6.07) is 18.4. The Balaban J connectivity index is 0.709. The van der Waals surface area contributed by atoms with Gasteiger partial charge in [-0.05, 0) is 74.1 Å². The zero-order valence-corrected chi connectivity index (χ0v) is 78.9. The van der Waals surface area contributed by atoms with E-state index in [-0.39, 0.29) is 74.7 Å². The van der Waals surface area contributed by atoms with Crippen LogP contribution in [-0.2, 0) is 99.3 Å². The summed E-state index contributed by atoms with van der Waals surface area (Å²) in [4.78, 5) is 124. The number of aliphatic hydroxyl groups is 10. The van der Waals surface area contributed by atoms with Gasteiger partial charge in [0.15, 0.2) is 6.29 Å². The van der Waals surface area contributed by atoms with E-state index < -0.39 is 219 Å². The van der Waals surface area contributed by atoms with Gasteiger partial charge in [0.25, 0.3) is 5.79 Å². The number of nitrogens with one attached hydrogen (secondary N) is 4. The van der Waals surface area contributed by atoms with Gasteiger partial charge < -0.3 is 121 Å². The van der Waals surface area contributed by atoms with Crippen LogP contribution in [0.2, 0.25) is 0 Å². The molecule has 25 atom stereocenters. The Bertz CT molecular complexity index is 4800. The number of carboxylic acids is 1. The van der Waals surface area contributed by atoms with E-state index in [0.29, 0.717) is 66.0 Å². The van der Waals surface area contributed by atoms with Crippen LogP contribution in [0.5, 0.6) is 0 Å². The maximum Gasteiger partial charge on any atom is 0.364 e. The van der Waals surface area contributed by atoms with Gasteiger partial charge in [-0.3, -0.25) is 38.5 Å². The van der Waals surface area contributed by atoms with Crippen LogP contribution in [0.4, 0.5) is 5.69 Å². The third kappa shape index (κ3) is 25.9. The predicted octanol–water partition coefficient (Wildman–Crippen LogP) is 1.25. The lowest BCUT2D eigenvalue weighted by atomic mass is 9.88. The number of likely N-dealkylation sites (N-methyl/N-ethyl adjacent to an activating group) is 2. The summed E-state index contributed by atoms with van der Waals surface area (Å²) in [5, 5.41) is 156. The van der Waals surface area contributed by atoms with Crippen molar-refractivity contribution in [1.29, 1.82) is 0 Å². The Morgan fingerprint density at radius 3 is 2.08 bits per heavy atom.